The van der Waals surface area contributed by atoms with Crippen molar-refractivity contribution in [1.82, 2.24) is 14.7 Å². The molecule has 4 rings (SSSR count). The van der Waals surface area contributed by atoms with Crippen LogP contribution < -0.4 is 5.73 Å². The smallest absolute Gasteiger partial charge is 0.330 e. The highest BCUT2D eigenvalue weighted by atomic mass is 19.4. The zero-order valence-corrected chi connectivity index (χ0v) is 17.8. The van der Waals surface area contributed by atoms with E-state index in [1.165, 1.54) is 17.0 Å². The number of nitrogens with zero attached hydrogens (tertiary/aromatic N) is 4. The molecule has 1 aromatic carbocycles. The Morgan fingerprint density at radius 3 is 2.72 bits per heavy atom. The molecule has 3 aliphatic heterocycles. The molecule has 172 valence electrons. The number of fused-ring (bicyclic) bond motifs is 2. The molecule has 0 radical (unpaired) electrons. The fraction of sp³-hybridized carbons (Fsp3) is 0.591. The minimum Gasteiger partial charge on any atom is -0.330 e. The number of halogens is 3. The molecule has 3 aliphatic rings. The van der Waals surface area contributed by atoms with Crippen LogP contribution >= 0.6 is 0 Å². The lowest BCUT2D eigenvalue weighted by Crippen LogP contribution is -2.56. The third-order valence-corrected chi connectivity index (χ3v) is 6.88. The molecule has 1 aromatic rings. The van der Waals surface area contributed by atoms with Crippen LogP contribution in [0.25, 0.3) is 0 Å². The van der Waals surface area contributed by atoms with E-state index in [-0.39, 0.29) is 30.0 Å². The first-order chi connectivity index (χ1) is 15.1. The maximum Gasteiger partial charge on any atom is 0.416 e. The van der Waals surface area contributed by atoms with Crippen LogP contribution in [0.5, 0.6) is 0 Å². The summed E-state index contributed by atoms with van der Waals surface area (Å²) in [5.41, 5.74) is 5.48. The summed E-state index contributed by atoms with van der Waals surface area (Å²) in [7, 11) is 0. The van der Waals surface area contributed by atoms with Gasteiger partial charge < -0.3 is 15.5 Å². The summed E-state index contributed by atoms with van der Waals surface area (Å²) >= 11 is 0. The van der Waals surface area contributed by atoms with Crippen molar-refractivity contribution in [3.63, 3.8) is 0 Å². The van der Waals surface area contributed by atoms with E-state index in [1.54, 1.807) is 17.9 Å². The molecule has 32 heavy (non-hydrogen) atoms. The Hall–Kier alpha value is -2.64. The number of piperazine rings is 1. The Bertz CT molecular complexity index is 946. The van der Waals surface area contributed by atoms with Crippen molar-refractivity contribution in [3.05, 3.63) is 35.4 Å². The monoisotopic (exact) mass is 449 g/mol. The molecule has 0 aliphatic carbocycles. The summed E-state index contributed by atoms with van der Waals surface area (Å²) in [4.78, 5) is 30.7. The second kappa shape index (κ2) is 8.37. The number of benzene rings is 1. The summed E-state index contributed by atoms with van der Waals surface area (Å²) in [6.07, 6.45) is -2.60. The van der Waals surface area contributed by atoms with Crippen molar-refractivity contribution in [2.45, 2.75) is 62.6 Å². The van der Waals surface area contributed by atoms with Gasteiger partial charge in [-0.05, 0) is 37.8 Å². The van der Waals surface area contributed by atoms with Crippen molar-refractivity contribution >= 4 is 11.8 Å². The second-order valence-corrected chi connectivity index (χ2v) is 8.79. The first-order valence-corrected chi connectivity index (χ1v) is 10.8. The molecule has 3 fully saturated rings. The zero-order chi connectivity index (χ0) is 23.2. The van der Waals surface area contributed by atoms with Crippen molar-refractivity contribution in [3.8, 4) is 6.07 Å². The Morgan fingerprint density at radius 1 is 1.34 bits per heavy atom. The van der Waals surface area contributed by atoms with Crippen LogP contribution in [-0.2, 0) is 15.8 Å². The zero-order valence-electron chi connectivity index (χ0n) is 17.8. The number of alkyl halides is 3. The van der Waals surface area contributed by atoms with Gasteiger partial charge in [-0.3, -0.25) is 14.5 Å². The maximum absolute atomic E-state index is 13.5. The first-order valence-electron chi connectivity index (χ1n) is 10.8. The van der Waals surface area contributed by atoms with E-state index in [0.717, 1.165) is 12.5 Å². The molecule has 3 heterocycles. The Morgan fingerprint density at radius 2 is 2.06 bits per heavy atom. The van der Waals surface area contributed by atoms with E-state index in [9.17, 15) is 28.0 Å². The lowest BCUT2D eigenvalue weighted by molar-refractivity contribution is -0.143. The van der Waals surface area contributed by atoms with Crippen molar-refractivity contribution in [2.75, 3.05) is 19.6 Å². The molecule has 0 aromatic heterocycles. The average molecular weight is 449 g/mol. The first kappa shape index (κ1) is 22.6. The van der Waals surface area contributed by atoms with Crippen LogP contribution in [-0.4, -0.2) is 70.3 Å². The fourth-order valence-electron chi connectivity index (χ4n) is 5.38. The van der Waals surface area contributed by atoms with E-state index < -0.39 is 35.9 Å². The Labute approximate surface area is 184 Å². The number of likely N-dealkylation sites (tertiary alicyclic amines) is 3. The molecule has 10 heteroatoms. The van der Waals surface area contributed by atoms with Gasteiger partial charge in [0.25, 0.3) is 0 Å². The van der Waals surface area contributed by atoms with Gasteiger partial charge in [0.15, 0.2) is 0 Å². The van der Waals surface area contributed by atoms with Gasteiger partial charge in [-0.1, -0.05) is 18.2 Å². The number of carbonyl (C=O) groups is 2. The van der Waals surface area contributed by atoms with Crippen molar-refractivity contribution in [2.24, 2.45) is 5.73 Å². The number of nitriles is 1. The van der Waals surface area contributed by atoms with Gasteiger partial charge in [0, 0.05) is 25.7 Å². The molecule has 2 N–H and O–H groups in total. The van der Waals surface area contributed by atoms with Crippen LogP contribution in [0.4, 0.5) is 13.2 Å². The van der Waals surface area contributed by atoms with Crippen LogP contribution in [0.2, 0.25) is 0 Å². The number of nitrogens with two attached hydrogens (primary N) is 1. The molecule has 5 atom stereocenters. The molecule has 3 saturated heterocycles. The predicted molar refractivity (Wildman–Crippen MR) is 109 cm³/mol. The van der Waals surface area contributed by atoms with Gasteiger partial charge in [-0.15, -0.1) is 0 Å². The summed E-state index contributed by atoms with van der Waals surface area (Å²) in [6.45, 7) is 2.76. The minimum absolute atomic E-state index is 0.0795. The standard InChI is InChI=1S/C22H26F3N5O2/c1-13(16-6-2-3-7-17(16)22(23,24)25)30-15-9-19(21(30)32)28(11-15)12-18(27)20(31)29-8-4-5-14(29)10-26/h2-3,6-7,13-15,18-19H,4-5,8-9,11-12,27H2,1H3/t13-,14-,15?,18-,19-/m0/s1. The summed E-state index contributed by atoms with van der Waals surface area (Å²) in [5, 5.41) is 9.20. The average Bonchev–Trinajstić information content (AvgIpc) is 3.46. The number of hydrogen-bond donors (Lipinski definition) is 1. The van der Waals surface area contributed by atoms with Crippen LogP contribution in [0.1, 0.15) is 43.4 Å². The van der Waals surface area contributed by atoms with Crippen LogP contribution in [0.15, 0.2) is 24.3 Å². The van der Waals surface area contributed by atoms with E-state index in [2.05, 4.69) is 6.07 Å². The van der Waals surface area contributed by atoms with Gasteiger partial charge in [0.2, 0.25) is 11.8 Å². The lowest BCUT2D eigenvalue weighted by Gasteiger charge is -2.39. The fourth-order valence-corrected chi connectivity index (χ4v) is 5.38. The summed E-state index contributed by atoms with van der Waals surface area (Å²) in [6, 6.07) is 4.70. The van der Waals surface area contributed by atoms with E-state index in [1.807, 2.05) is 4.90 Å². The van der Waals surface area contributed by atoms with Crippen LogP contribution in [0.3, 0.4) is 0 Å². The van der Waals surface area contributed by atoms with Gasteiger partial charge in [0.1, 0.15) is 6.04 Å². The highest BCUT2D eigenvalue weighted by molar-refractivity contribution is 5.87. The minimum atomic E-state index is -4.50. The molecule has 2 amide bonds. The highest BCUT2D eigenvalue weighted by Crippen LogP contribution is 2.41. The quantitative estimate of drug-likeness (QED) is 0.741. The molecule has 0 spiro atoms. The van der Waals surface area contributed by atoms with Gasteiger partial charge in [-0.25, -0.2) is 0 Å². The van der Waals surface area contributed by atoms with E-state index in [0.29, 0.717) is 25.9 Å². The molecule has 2 bridgehead atoms. The van der Waals surface area contributed by atoms with Crippen molar-refractivity contribution in [1.29, 1.82) is 5.26 Å². The number of hydrogen-bond acceptors (Lipinski definition) is 5. The topological polar surface area (TPSA) is 93.7 Å². The van der Waals surface area contributed by atoms with E-state index >= 15 is 0 Å². The lowest BCUT2D eigenvalue weighted by atomic mass is 9.99. The Balaban J connectivity index is 1.44. The molecule has 7 nitrogen and oxygen atoms in total. The van der Waals surface area contributed by atoms with Gasteiger partial charge in [0.05, 0.1) is 29.8 Å². The molecular weight excluding hydrogens is 423 g/mol. The van der Waals surface area contributed by atoms with Gasteiger partial charge >= 0.3 is 6.18 Å². The normalized spacial score (nSPS) is 27.6. The summed E-state index contributed by atoms with van der Waals surface area (Å²) < 4.78 is 40.4. The van der Waals surface area contributed by atoms with E-state index in [4.69, 9.17) is 5.73 Å². The SMILES string of the molecule is C[C@@H](c1ccccc1C(F)(F)F)N1C(=O)[C@@H]2CC1CN2C[C@H](N)C(=O)N1CCC[C@H]1C#N. The third-order valence-electron chi connectivity index (χ3n) is 6.88. The summed E-state index contributed by atoms with van der Waals surface area (Å²) in [5.74, 6) is -0.532. The number of amides is 2. The third kappa shape index (κ3) is 3.84. The second-order valence-electron chi connectivity index (χ2n) is 8.79. The molecule has 1 unspecified atom stereocenters. The maximum atomic E-state index is 13.5. The van der Waals surface area contributed by atoms with Crippen LogP contribution in [0, 0.1) is 11.3 Å². The molecular formula is C22H26F3N5O2. The Kier molecular flexibility index (Phi) is 5.90. The number of carbonyl (C=O) groups excluding carboxylic acids is 2. The van der Waals surface area contributed by atoms with Crippen molar-refractivity contribution < 1.29 is 22.8 Å². The number of rotatable bonds is 5. The largest absolute Gasteiger partial charge is 0.416 e. The van der Waals surface area contributed by atoms with Gasteiger partial charge in [-0.2, -0.15) is 18.4 Å². The highest BCUT2D eigenvalue weighted by Gasteiger charge is 2.52. The predicted octanol–water partition coefficient (Wildman–Crippen LogP) is 1.89. The molecule has 0 saturated carbocycles.